The summed E-state index contributed by atoms with van der Waals surface area (Å²) in [6.45, 7) is 8.50. The van der Waals surface area contributed by atoms with Crippen LogP contribution in [0.25, 0.3) is 0 Å². The quantitative estimate of drug-likeness (QED) is 0.698. The highest BCUT2D eigenvalue weighted by atomic mass is 16.5. The number of aliphatic hydroxyl groups excluding tert-OH is 1. The van der Waals surface area contributed by atoms with Gasteiger partial charge >= 0.3 is 0 Å². The van der Waals surface area contributed by atoms with Gasteiger partial charge in [0.1, 0.15) is 5.78 Å². The predicted molar refractivity (Wildman–Crippen MR) is 94.7 cm³/mol. The summed E-state index contributed by atoms with van der Waals surface area (Å²) in [7, 11) is 0. The van der Waals surface area contributed by atoms with Gasteiger partial charge in [0.05, 0.1) is 23.9 Å². The van der Waals surface area contributed by atoms with E-state index in [1.54, 1.807) is 0 Å². The molecular formula is C20H34O4. The summed E-state index contributed by atoms with van der Waals surface area (Å²) >= 11 is 0. The van der Waals surface area contributed by atoms with Crippen LogP contribution in [-0.4, -0.2) is 39.9 Å². The Morgan fingerprint density at radius 3 is 2.75 bits per heavy atom. The van der Waals surface area contributed by atoms with Crippen LogP contribution in [-0.2, 0) is 9.53 Å². The van der Waals surface area contributed by atoms with Gasteiger partial charge in [-0.15, -0.1) is 0 Å². The summed E-state index contributed by atoms with van der Waals surface area (Å²) < 4.78 is 6.07. The molecule has 4 heteroatoms. The molecule has 0 aromatic rings. The van der Waals surface area contributed by atoms with E-state index in [1.165, 1.54) is 5.57 Å². The first-order valence-corrected chi connectivity index (χ1v) is 9.37. The summed E-state index contributed by atoms with van der Waals surface area (Å²) in [5.41, 5.74) is -0.400. The molecule has 3 aliphatic rings. The normalized spacial score (nSPS) is 36.9. The summed E-state index contributed by atoms with van der Waals surface area (Å²) in [5.74, 6) is 0.460. The number of aliphatic hydroxyl groups is 2. The molecule has 0 aromatic carbocycles. The van der Waals surface area contributed by atoms with Crippen LogP contribution in [0.2, 0.25) is 0 Å². The van der Waals surface area contributed by atoms with Crippen molar-refractivity contribution < 1.29 is 19.7 Å². The highest BCUT2D eigenvalue weighted by molar-refractivity contribution is 5.82. The zero-order valence-corrected chi connectivity index (χ0v) is 15.7. The monoisotopic (exact) mass is 338 g/mol. The number of ether oxygens (including phenoxy) is 1. The molecule has 4 unspecified atom stereocenters. The van der Waals surface area contributed by atoms with Crippen LogP contribution < -0.4 is 0 Å². The van der Waals surface area contributed by atoms with E-state index in [1.807, 2.05) is 33.8 Å². The van der Waals surface area contributed by atoms with Crippen LogP contribution in [0.15, 0.2) is 11.6 Å². The minimum absolute atomic E-state index is 0.0338. The lowest BCUT2D eigenvalue weighted by Crippen LogP contribution is -2.55. The minimum Gasteiger partial charge on any atom is -0.393 e. The van der Waals surface area contributed by atoms with Gasteiger partial charge in [-0.1, -0.05) is 18.6 Å². The molecule has 0 spiro atoms. The highest BCUT2D eigenvalue weighted by Crippen LogP contribution is 2.47. The standard InChI is InChI=1S/C20H34O4/c1-14(2)7-8-17(21)15(3)6-5-10-19(4)20(23)11-9-16(13-24-19)18(22)12-20/h7,15-16,18,22-23H,5-6,8-13H2,1-4H3/t15?,16?,18?,19?,20-/m1/s1. The Balaban J connectivity index is 1.89. The van der Waals surface area contributed by atoms with Gasteiger partial charge in [0.2, 0.25) is 0 Å². The average Bonchev–Trinajstić information content (AvgIpc) is 2.68. The molecule has 2 heterocycles. The number of fused-ring (bicyclic) bond motifs is 4. The van der Waals surface area contributed by atoms with E-state index in [-0.39, 0.29) is 17.6 Å². The number of hydrogen-bond donors (Lipinski definition) is 2. The zero-order chi connectivity index (χ0) is 18.0. The van der Waals surface area contributed by atoms with Crippen molar-refractivity contribution in [1.29, 1.82) is 0 Å². The van der Waals surface area contributed by atoms with Gasteiger partial charge < -0.3 is 14.9 Å². The Labute approximate surface area is 146 Å². The Morgan fingerprint density at radius 2 is 2.12 bits per heavy atom. The molecule has 0 aromatic heterocycles. The number of ketones is 1. The maximum Gasteiger partial charge on any atom is 0.139 e. The Hall–Kier alpha value is -0.710. The molecule has 2 saturated heterocycles. The second-order valence-electron chi connectivity index (χ2n) is 8.39. The second kappa shape index (κ2) is 7.67. The van der Waals surface area contributed by atoms with Gasteiger partial charge in [0.15, 0.2) is 0 Å². The zero-order valence-electron chi connectivity index (χ0n) is 15.7. The number of rotatable bonds is 7. The van der Waals surface area contributed by atoms with Crippen molar-refractivity contribution in [3.05, 3.63) is 11.6 Å². The van der Waals surface area contributed by atoms with Crippen LogP contribution in [0, 0.1) is 11.8 Å². The van der Waals surface area contributed by atoms with Crippen molar-refractivity contribution >= 4 is 5.78 Å². The molecule has 4 nitrogen and oxygen atoms in total. The molecule has 2 aliphatic heterocycles. The molecule has 0 amide bonds. The van der Waals surface area contributed by atoms with E-state index in [4.69, 9.17) is 4.74 Å². The number of hydrogen-bond acceptors (Lipinski definition) is 4. The van der Waals surface area contributed by atoms with Crippen LogP contribution in [0.3, 0.4) is 0 Å². The Kier molecular flexibility index (Phi) is 6.27. The fourth-order valence-electron chi connectivity index (χ4n) is 4.05. The van der Waals surface area contributed by atoms with E-state index < -0.39 is 17.3 Å². The van der Waals surface area contributed by atoms with Crippen LogP contribution in [0.1, 0.15) is 72.6 Å². The van der Waals surface area contributed by atoms with E-state index in [0.29, 0.717) is 25.9 Å². The average molecular weight is 338 g/mol. The van der Waals surface area contributed by atoms with Gasteiger partial charge in [0, 0.05) is 24.7 Å². The molecule has 1 aliphatic carbocycles. The molecule has 2 bridgehead atoms. The molecule has 3 rings (SSSR count). The molecule has 0 radical (unpaired) electrons. The SMILES string of the molecule is CC(C)=CCC(=O)C(C)CCCC1(C)OCC2CC[C@@]1(O)CC2O. The third-order valence-electron chi connectivity index (χ3n) is 6.17. The van der Waals surface area contributed by atoms with Crippen LogP contribution >= 0.6 is 0 Å². The van der Waals surface area contributed by atoms with Crippen molar-refractivity contribution in [2.75, 3.05) is 6.61 Å². The highest BCUT2D eigenvalue weighted by Gasteiger charge is 2.54. The maximum atomic E-state index is 12.1. The molecule has 5 atom stereocenters. The van der Waals surface area contributed by atoms with Gasteiger partial charge in [-0.2, -0.15) is 0 Å². The lowest BCUT2D eigenvalue weighted by Gasteiger charge is -2.45. The first-order valence-electron chi connectivity index (χ1n) is 9.37. The van der Waals surface area contributed by atoms with E-state index in [2.05, 4.69) is 0 Å². The number of allylic oxidation sites excluding steroid dienone is 2. The molecule has 3 fully saturated rings. The molecule has 2 N–H and O–H groups in total. The van der Waals surface area contributed by atoms with E-state index in [9.17, 15) is 15.0 Å². The van der Waals surface area contributed by atoms with E-state index >= 15 is 0 Å². The largest absolute Gasteiger partial charge is 0.393 e. The topological polar surface area (TPSA) is 66.8 Å². The summed E-state index contributed by atoms with van der Waals surface area (Å²) in [6, 6.07) is 0. The van der Waals surface area contributed by atoms with Crippen molar-refractivity contribution in [2.24, 2.45) is 11.8 Å². The third-order valence-corrected chi connectivity index (χ3v) is 6.17. The maximum absolute atomic E-state index is 12.1. The van der Waals surface area contributed by atoms with Crippen LogP contribution in [0.4, 0.5) is 0 Å². The van der Waals surface area contributed by atoms with E-state index in [0.717, 1.165) is 25.7 Å². The summed E-state index contributed by atoms with van der Waals surface area (Å²) in [5, 5.41) is 21.2. The lowest BCUT2D eigenvalue weighted by atomic mass is 9.69. The van der Waals surface area contributed by atoms with Crippen LogP contribution in [0.5, 0.6) is 0 Å². The van der Waals surface area contributed by atoms with Crippen molar-refractivity contribution in [3.8, 4) is 0 Å². The molecule has 24 heavy (non-hydrogen) atoms. The van der Waals surface area contributed by atoms with Gasteiger partial charge in [-0.05, 0) is 52.9 Å². The second-order valence-corrected chi connectivity index (χ2v) is 8.39. The molecular weight excluding hydrogens is 304 g/mol. The third kappa shape index (κ3) is 4.27. The predicted octanol–water partition coefficient (Wildman–Crippen LogP) is 3.40. The summed E-state index contributed by atoms with van der Waals surface area (Å²) in [4.78, 5) is 12.1. The summed E-state index contributed by atoms with van der Waals surface area (Å²) in [6.07, 6.45) is 6.34. The van der Waals surface area contributed by atoms with Gasteiger partial charge in [-0.25, -0.2) is 0 Å². The molecule has 138 valence electrons. The van der Waals surface area contributed by atoms with Gasteiger partial charge in [0.25, 0.3) is 0 Å². The number of carbonyl (C=O) groups excluding carboxylic acids is 1. The van der Waals surface area contributed by atoms with Crippen molar-refractivity contribution in [3.63, 3.8) is 0 Å². The molecule has 1 saturated carbocycles. The fraction of sp³-hybridized carbons (Fsp3) is 0.850. The Bertz CT molecular complexity index is 482. The first-order chi connectivity index (χ1) is 11.2. The van der Waals surface area contributed by atoms with Gasteiger partial charge in [-0.3, -0.25) is 4.79 Å². The smallest absolute Gasteiger partial charge is 0.139 e. The fourth-order valence-corrected chi connectivity index (χ4v) is 4.05. The lowest BCUT2D eigenvalue weighted by molar-refractivity contribution is -0.174. The first kappa shape index (κ1) is 19.6. The van der Waals surface area contributed by atoms with Crippen molar-refractivity contribution in [2.45, 2.75) is 89.9 Å². The number of Topliss-reactive ketones (excluding diaryl/α,β-unsaturated/α-hetero) is 1. The Morgan fingerprint density at radius 1 is 1.42 bits per heavy atom. The minimum atomic E-state index is -0.950. The van der Waals surface area contributed by atoms with Crippen molar-refractivity contribution in [1.82, 2.24) is 0 Å². The number of carbonyl (C=O) groups is 1.